The minimum Gasteiger partial charge on any atom is -0.346 e. The number of carbonyl (C=O) groups is 1. The number of piperazine rings is 1. The Labute approximate surface area is 157 Å². The van der Waals surface area contributed by atoms with Crippen molar-refractivity contribution in [2.24, 2.45) is 0 Å². The number of nitrogens with zero attached hydrogens (tertiary/aromatic N) is 3. The fourth-order valence-corrected chi connectivity index (χ4v) is 4.05. The minimum atomic E-state index is -0.201. The summed E-state index contributed by atoms with van der Waals surface area (Å²) < 4.78 is 0. The molecule has 0 atom stereocenters. The third-order valence-corrected chi connectivity index (χ3v) is 6.02. The van der Waals surface area contributed by atoms with Crippen LogP contribution in [0.15, 0.2) is 24.3 Å². The van der Waals surface area contributed by atoms with Crippen molar-refractivity contribution in [3.8, 4) is 0 Å². The highest BCUT2D eigenvalue weighted by molar-refractivity contribution is 7.16. The number of hydrogen-bond donors (Lipinski definition) is 1. The molecule has 0 aliphatic carbocycles. The first-order valence-electron chi connectivity index (χ1n) is 8.46. The van der Waals surface area contributed by atoms with E-state index in [0.29, 0.717) is 16.4 Å². The number of halogens is 1. The fraction of sp³-hybridized carbons (Fsp3) is 0.444. The molecule has 134 valence electrons. The van der Waals surface area contributed by atoms with Crippen molar-refractivity contribution in [1.82, 2.24) is 9.88 Å². The zero-order valence-corrected chi connectivity index (χ0v) is 16.3. The Morgan fingerprint density at radius 2 is 1.92 bits per heavy atom. The third kappa shape index (κ3) is 4.14. The van der Waals surface area contributed by atoms with Gasteiger partial charge in [-0.25, -0.2) is 4.98 Å². The zero-order valence-electron chi connectivity index (χ0n) is 14.8. The highest BCUT2D eigenvalue weighted by atomic mass is 35.5. The molecule has 0 saturated carbocycles. The van der Waals surface area contributed by atoms with E-state index in [2.05, 4.69) is 41.0 Å². The van der Waals surface area contributed by atoms with E-state index in [4.69, 9.17) is 11.6 Å². The maximum atomic E-state index is 12.8. The van der Waals surface area contributed by atoms with Crippen molar-refractivity contribution in [3.05, 3.63) is 39.9 Å². The predicted octanol–water partition coefficient (Wildman–Crippen LogP) is 3.92. The van der Waals surface area contributed by atoms with Gasteiger partial charge in [-0.2, -0.15) is 0 Å². The Bertz CT molecular complexity index is 753. The summed E-state index contributed by atoms with van der Waals surface area (Å²) >= 11 is 7.77. The SMILES string of the molecule is CC(C)c1sc(N2CCN(C)CC2)nc1C(=O)Nc1ccccc1Cl. The van der Waals surface area contributed by atoms with E-state index >= 15 is 0 Å². The number of benzene rings is 1. The van der Waals surface area contributed by atoms with Crippen molar-refractivity contribution in [1.29, 1.82) is 0 Å². The number of para-hydroxylation sites is 1. The van der Waals surface area contributed by atoms with Gasteiger partial charge in [0, 0.05) is 31.1 Å². The quantitative estimate of drug-likeness (QED) is 0.875. The number of nitrogens with one attached hydrogen (secondary N) is 1. The number of aromatic nitrogens is 1. The number of rotatable bonds is 4. The molecule has 1 aliphatic rings. The Morgan fingerprint density at radius 3 is 2.56 bits per heavy atom. The number of hydrogen-bond acceptors (Lipinski definition) is 5. The van der Waals surface area contributed by atoms with Gasteiger partial charge in [0.1, 0.15) is 5.69 Å². The summed E-state index contributed by atoms with van der Waals surface area (Å²) in [4.78, 5) is 23.0. The molecule has 0 spiro atoms. The molecule has 1 saturated heterocycles. The van der Waals surface area contributed by atoms with E-state index < -0.39 is 0 Å². The van der Waals surface area contributed by atoms with Crippen molar-refractivity contribution in [2.45, 2.75) is 19.8 Å². The number of anilines is 2. The van der Waals surface area contributed by atoms with Crippen LogP contribution in [-0.4, -0.2) is 49.0 Å². The third-order valence-electron chi connectivity index (χ3n) is 4.28. The van der Waals surface area contributed by atoms with Crippen LogP contribution in [0.2, 0.25) is 5.02 Å². The first-order valence-corrected chi connectivity index (χ1v) is 9.65. The highest BCUT2D eigenvalue weighted by Crippen LogP contribution is 2.33. The second-order valence-electron chi connectivity index (χ2n) is 6.59. The lowest BCUT2D eigenvalue weighted by Crippen LogP contribution is -2.44. The summed E-state index contributed by atoms with van der Waals surface area (Å²) in [5.74, 6) is 0.0409. The Morgan fingerprint density at radius 1 is 1.24 bits per heavy atom. The normalized spacial score (nSPS) is 15.6. The number of carbonyl (C=O) groups excluding carboxylic acids is 1. The number of likely N-dealkylation sites (N-methyl/N-ethyl adjacent to an activating group) is 1. The summed E-state index contributed by atoms with van der Waals surface area (Å²) in [6, 6.07) is 7.24. The Kier molecular flexibility index (Phi) is 5.61. The zero-order chi connectivity index (χ0) is 18.0. The molecular formula is C18H23ClN4OS. The summed E-state index contributed by atoms with van der Waals surface area (Å²) in [5, 5.41) is 4.35. The van der Waals surface area contributed by atoms with E-state index in [0.717, 1.165) is 36.2 Å². The van der Waals surface area contributed by atoms with Gasteiger partial charge in [0.2, 0.25) is 0 Å². The van der Waals surface area contributed by atoms with Crippen molar-refractivity contribution >= 4 is 39.7 Å². The van der Waals surface area contributed by atoms with Gasteiger partial charge in [0.15, 0.2) is 5.13 Å². The predicted molar refractivity (Wildman–Crippen MR) is 105 cm³/mol. The second-order valence-corrected chi connectivity index (χ2v) is 8.00. The van der Waals surface area contributed by atoms with Crippen LogP contribution in [-0.2, 0) is 0 Å². The molecule has 1 aliphatic heterocycles. The summed E-state index contributed by atoms with van der Waals surface area (Å²) in [5.41, 5.74) is 1.12. The lowest BCUT2D eigenvalue weighted by atomic mass is 10.1. The average Bonchev–Trinajstić information content (AvgIpc) is 3.03. The van der Waals surface area contributed by atoms with Crippen LogP contribution in [0.4, 0.5) is 10.8 Å². The van der Waals surface area contributed by atoms with Gasteiger partial charge in [0.25, 0.3) is 5.91 Å². The molecule has 0 radical (unpaired) electrons. The fourth-order valence-electron chi connectivity index (χ4n) is 2.75. The second kappa shape index (κ2) is 7.72. The monoisotopic (exact) mass is 378 g/mol. The standard InChI is InChI=1S/C18H23ClN4OS/c1-12(2)16-15(17(24)20-14-7-5-4-6-13(14)19)21-18(25-16)23-10-8-22(3)9-11-23/h4-7,12H,8-11H2,1-3H3,(H,20,24). The van der Waals surface area contributed by atoms with Crippen LogP contribution in [0.3, 0.4) is 0 Å². The molecule has 25 heavy (non-hydrogen) atoms. The Hall–Kier alpha value is -1.63. The van der Waals surface area contributed by atoms with Crippen LogP contribution < -0.4 is 10.2 Å². The summed E-state index contributed by atoms with van der Waals surface area (Å²) in [7, 11) is 2.13. The van der Waals surface area contributed by atoms with Crippen LogP contribution in [0.1, 0.15) is 35.1 Å². The molecule has 1 aromatic carbocycles. The molecule has 0 unspecified atom stereocenters. The van der Waals surface area contributed by atoms with E-state index in [1.165, 1.54) is 0 Å². The first-order chi connectivity index (χ1) is 12.0. The van der Waals surface area contributed by atoms with Gasteiger partial charge in [-0.05, 0) is 25.1 Å². The van der Waals surface area contributed by atoms with Crippen LogP contribution in [0, 0.1) is 0 Å². The summed E-state index contributed by atoms with van der Waals surface area (Å²) in [6.07, 6.45) is 0. The first kappa shape index (κ1) is 18.2. The molecular weight excluding hydrogens is 356 g/mol. The van der Waals surface area contributed by atoms with Gasteiger partial charge < -0.3 is 15.1 Å². The molecule has 2 aromatic rings. The Balaban J connectivity index is 1.84. The lowest BCUT2D eigenvalue weighted by Gasteiger charge is -2.32. The lowest BCUT2D eigenvalue weighted by molar-refractivity contribution is 0.102. The maximum Gasteiger partial charge on any atom is 0.275 e. The van der Waals surface area contributed by atoms with E-state index in [1.54, 1.807) is 23.5 Å². The van der Waals surface area contributed by atoms with Gasteiger partial charge in [-0.1, -0.05) is 37.6 Å². The topological polar surface area (TPSA) is 48.5 Å². The van der Waals surface area contributed by atoms with Crippen LogP contribution >= 0.6 is 22.9 Å². The molecule has 1 amide bonds. The van der Waals surface area contributed by atoms with Crippen molar-refractivity contribution in [3.63, 3.8) is 0 Å². The molecule has 1 fully saturated rings. The number of amides is 1. The average molecular weight is 379 g/mol. The van der Waals surface area contributed by atoms with E-state index in [-0.39, 0.29) is 11.8 Å². The molecule has 0 bridgehead atoms. The molecule has 1 N–H and O–H groups in total. The van der Waals surface area contributed by atoms with Gasteiger partial charge in [-0.15, -0.1) is 11.3 Å². The van der Waals surface area contributed by atoms with Crippen molar-refractivity contribution < 1.29 is 4.79 Å². The smallest absolute Gasteiger partial charge is 0.275 e. The molecule has 1 aromatic heterocycles. The molecule has 2 heterocycles. The van der Waals surface area contributed by atoms with Crippen LogP contribution in [0.25, 0.3) is 0 Å². The van der Waals surface area contributed by atoms with Crippen molar-refractivity contribution in [2.75, 3.05) is 43.4 Å². The molecule has 5 nitrogen and oxygen atoms in total. The molecule has 7 heteroatoms. The van der Waals surface area contributed by atoms with E-state index in [9.17, 15) is 4.79 Å². The van der Waals surface area contributed by atoms with Crippen LogP contribution in [0.5, 0.6) is 0 Å². The van der Waals surface area contributed by atoms with Gasteiger partial charge >= 0.3 is 0 Å². The minimum absolute atomic E-state index is 0.201. The maximum absolute atomic E-state index is 12.8. The number of thiazole rings is 1. The van der Waals surface area contributed by atoms with E-state index in [1.807, 2.05) is 12.1 Å². The molecule has 3 rings (SSSR count). The van der Waals surface area contributed by atoms with Gasteiger partial charge in [-0.3, -0.25) is 4.79 Å². The largest absolute Gasteiger partial charge is 0.346 e. The van der Waals surface area contributed by atoms with Gasteiger partial charge in [0.05, 0.1) is 10.7 Å². The highest BCUT2D eigenvalue weighted by Gasteiger charge is 2.25. The summed E-state index contributed by atoms with van der Waals surface area (Å²) in [6.45, 7) is 8.08.